The molecule has 6 heteroatoms. The Kier molecular flexibility index (Phi) is 6.15. The summed E-state index contributed by atoms with van der Waals surface area (Å²) in [5.41, 5.74) is 1.48. The van der Waals surface area contributed by atoms with Crippen LogP contribution in [0.15, 0.2) is 36.4 Å². The van der Waals surface area contributed by atoms with E-state index in [1.807, 2.05) is 31.2 Å². The second-order valence-corrected chi connectivity index (χ2v) is 5.30. The number of nitrogens with one attached hydrogen (secondary N) is 2. The molecule has 0 unspecified atom stereocenters. The molecule has 2 aromatic rings. The van der Waals surface area contributed by atoms with Gasteiger partial charge in [-0.1, -0.05) is 30.7 Å². The first-order valence-electron chi connectivity index (χ1n) is 7.29. The molecular weight excluding hydrogens is 300 g/mol. The molecule has 0 spiro atoms. The average Bonchev–Trinajstić information content (AvgIpc) is 2.53. The standard InChI is InChI=1S/C16H19ClN4O/c1-2-9-19-16(22)14-6-7-15(21-20-14)18-10-8-12-4-3-5-13(17)11-12/h3-7,11H,2,8-10H2,1H3,(H,18,21)(H,19,22). The van der Waals surface area contributed by atoms with Gasteiger partial charge < -0.3 is 10.6 Å². The molecule has 1 aromatic carbocycles. The lowest BCUT2D eigenvalue weighted by atomic mass is 10.1. The lowest BCUT2D eigenvalue weighted by molar-refractivity contribution is 0.0947. The summed E-state index contributed by atoms with van der Waals surface area (Å²) in [4.78, 5) is 11.7. The fraction of sp³-hybridized carbons (Fsp3) is 0.312. The summed E-state index contributed by atoms with van der Waals surface area (Å²) in [6, 6.07) is 11.2. The van der Waals surface area contributed by atoms with E-state index in [1.54, 1.807) is 12.1 Å². The molecule has 5 nitrogen and oxygen atoms in total. The molecule has 0 saturated carbocycles. The number of benzene rings is 1. The number of carbonyl (C=O) groups is 1. The zero-order chi connectivity index (χ0) is 15.8. The first-order valence-corrected chi connectivity index (χ1v) is 7.67. The number of hydrogen-bond donors (Lipinski definition) is 2. The smallest absolute Gasteiger partial charge is 0.271 e. The predicted octanol–water partition coefficient (Wildman–Crippen LogP) is 2.92. The van der Waals surface area contributed by atoms with E-state index in [2.05, 4.69) is 20.8 Å². The van der Waals surface area contributed by atoms with E-state index in [-0.39, 0.29) is 5.91 Å². The van der Waals surface area contributed by atoms with Gasteiger partial charge in [0.1, 0.15) is 5.82 Å². The van der Waals surface area contributed by atoms with Crippen LogP contribution in [0.3, 0.4) is 0 Å². The fourth-order valence-electron chi connectivity index (χ4n) is 1.90. The van der Waals surface area contributed by atoms with E-state index in [0.29, 0.717) is 18.1 Å². The lowest BCUT2D eigenvalue weighted by Crippen LogP contribution is -2.25. The summed E-state index contributed by atoms with van der Waals surface area (Å²) in [7, 11) is 0. The molecule has 116 valence electrons. The zero-order valence-electron chi connectivity index (χ0n) is 12.5. The highest BCUT2D eigenvalue weighted by Gasteiger charge is 2.06. The maximum atomic E-state index is 11.7. The summed E-state index contributed by atoms with van der Waals surface area (Å²) < 4.78 is 0. The molecule has 22 heavy (non-hydrogen) atoms. The van der Waals surface area contributed by atoms with Gasteiger partial charge >= 0.3 is 0 Å². The third-order valence-corrected chi connectivity index (χ3v) is 3.28. The summed E-state index contributed by atoms with van der Waals surface area (Å²) in [5.74, 6) is 0.453. The van der Waals surface area contributed by atoms with E-state index < -0.39 is 0 Å². The van der Waals surface area contributed by atoms with E-state index >= 15 is 0 Å². The zero-order valence-corrected chi connectivity index (χ0v) is 13.2. The Balaban J connectivity index is 1.82. The van der Waals surface area contributed by atoms with Crippen molar-refractivity contribution >= 4 is 23.3 Å². The number of carbonyl (C=O) groups excluding carboxylic acids is 1. The normalized spacial score (nSPS) is 10.3. The van der Waals surface area contributed by atoms with Gasteiger partial charge in [0, 0.05) is 18.1 Å². The maximum Gasteiger partial charge on any atom is 0.271 e. The predicted molar refractivity (Wildman–Crippen MR) is 88.3 cm³/mol. The van der Waals surface area contributed by atoms with Gasteiger partial charge in [0.2, 0.25) is 0 Å². The SMILES string of the molecule is CCCNC(=O)c1ccc(NCCc2cccc(Cl)c2)nn1. The van der Waals surface area contributed by atoms with Gasteiger partial charge in [0.15, 0.2) is 5.69 Å². The van der Waals surface area contributed by atoms with Gasteiger partial charge in [-0.05, 0) is 42.7 Å². The molecule has 1 aromatic heterocycles. The molecule has 0 atom stereocenters. The Bertz CT molecular complexity index is 616. The highest BCUT2D eigenvalue weighted by atomic mass is 35.5. The van der Waals surface area contributed by atoms with Crippen molar-refractivity contribution in [3.8, 4) is 0 Å². The van der Waals surface area contributed by atoms with Crippen molar-refractivity contribution in [2.24, 2.45) is 0 Å². The van der Waals surface area contributed by atoms with E-state index in [4.69, 9.17) is 11.6 Å². The number of anilines is 1. The average molecular weight is 319 g/mol. The molecule has 0 aliphatic carbocycles. The number of halogens is 1. The van der Waals surface area contributed by atoms with Crippen LogP contribution >= 0.6 is 11.6 Å². The minimum atomic E-state index is -0.195. The molecular formula is C16H19ClN4O. The van der Waals surface area contributed by atoms with Gasteiger partial charge in [-0.15, -0.1) is 10.2 Å². The minimum Gasteiger partial charge on any atom is -0.368 e. The fourth-order valence-corrected chi connectivity index (χ4v) is 2.12. The molecule has 1 heterocycles. The monoisotopic (exact) mass is 318 g/mol. The molecule has 0 radical (unpaired) electrons. The Hall–Kier alpha value is -2.14. The van der Waals surface area contributed by atoms with Crippen LogP contribution in [0.25, 0.3) is 0 Å². The maximum absolute atomic E-state index is 11.7. The number of amides is 1. The van der Waals surface area contributed by atoms with E-state index in [9.17, 15) is 4.79 Å². The van der Waals surface area contributed by atoms with Crippen LogP contribution in [-0.4, -0.2) is 29.2 Å². The van der Waals surface area contributed by atoms with Gasteiger partial charge in [-0.25, -0.2) is 0 Å². The van der Waals surface area contributed by atoms with Crippen LogP contribution in [0, 0.1) is 0 Å². The van der Waals surface area contributed by atoms with Crippen molar-refractivity contribution in [3.63, 3.8) is 0 Å². The first kappa shape index (κ1) is 16.2. The second-order valence-electron chi connectivity index (χ2n) is 4.87. The Labute approximate surface area is 135 Å². The third-order valence-electron chi connectivity index (χ3n) is 3.04. The molecule has 2 N–H and O–H groups in total. The molecule has 0 aliphatic heterocycles. The highest BCUT2D eigenvalue weighted by molar-refractivity contribution is 6.30. The van der Waals surface area contributed by atoms with Crippen LogP contribution in [0.2, 0.25) is 5.02 Å². The summed E-state index contributed by atoms with van der Waals surface area (Å²) in [6.45, 7) is 3.36. The third kappa shape index (κ3) is 5.00. The van der Waals surface area contributed by atoms with Gasteiger partial charge in [-0.3, -0.25) is 4.79 Å². The first-order chi connectivity index (χ1) is 10.7. The molecule has 0 saturated heterocycles. The minimum absolute atomic E-state index is 0.195. The number of aromatic nitrogens is 2. The van der Waals surface area contributed by atoms with Crippen molar-refractivity contribution in [2.45, 2.75) is 19.8 Å². The van der Waals surface area contributed by atoms with Gasteiger partial charge in [0.25, 0.3) is 5.91 Å². The largest absolute Gasteiger partial charge is 0.368 e. The Morgan fingerprint density at radius 2 is 2.05 bits per heavy atom. The molecule has 0 bridgehead atoms. The van der Waals surface area contributed by atoms with Crippen molar-refractivity contribution in [2.75, 3.05) is 18.4 Å². The highest BCUT2D eigenvalue weighted by Crippen LogP contribution is 2.11. The van der Waals surface area contributed by atoms with Crippen LogP contribution in [0.1, 0.15) is 29.4 Å². The lowest BCUT2D eigenvalue weighted by Gasteiger charge is -2.06. The van der Waals surface area contributed by atoms with Crippen LogP contribution in [0.5, 0.6) is 0 Å². The summed E-state index contributed by atoms with van der Waals surface area (Å²) >= 11 is 5.94. The Morgan fingerprint density at radius 1 is 1.18 bits per heavy atom. The van der Waals surface area contributed by atoms with Gasteiger partial charge in [0.05, 0.1) is 0 Å². The van der Waals surface area contributed by atoms with Crippen LogP contribution < -0.4 is 10.6 Å². The van der Waals surface area contributed by atoms with E-state index in [1.165, 1.54) is 0 Å². The number of hydrogen-bond acceptors (Lipinski definition) is 4. The molecule has 1 amide bonds. The van der Waals surface area contributed by atoms with Crippen molar-refractivity contribution in [1.29, 1.82) is 0 Å². The van der Waals surface area contributed by atoms with Crippen molar-refractivity contribution in [1.82, 2.24) is 15.5 Å². The quantitative estimate of drug-likeness (QED) is 0.823. The number of rotatable bonds is 7. The van der Waals surface area contributed by atoms with Crippen LogP contribution in [-0.2, 0) is 6.42 Å². The van der Waals surface area contributed by atoms with Crippen molar-refractivity contribution in [3.05, 3.63) is 52.7 Å². The molecule has 2 rings (SSSR count). The summed E-state index contributed by atoms with van der Waals surface area (Å²) in [5, 5.41) is 14.6. The van der Waals surface area contributed by atoms with Gasteiger partial charge in [-0.2, -0.15) is 0 Å². The van der Waals surface area contributed by atoms with E-state index in [0.717, 1.165) is 30.0 Å². The topological polar surface area (TPSA) is 66.9 Å². The second kappa shape index (κ2) is 8.34. The molecule has 0 aliphatic rings. The summed E-state index contributed by atoms with van der Waals surface area (Å²) in [6.07, 6.45) is 1.73. The van der Waals surface area contributed by atoms with Crippen LogP contribution in [0.4, 0.5) is 5.82 Å². The molecule has 0 fully saturated rings. The Morgan fingerprint density at radius 3 is 2.73 bits per heavy atom. The number of nitrogens with zero attached hydrogens (tertiary/aromatic N) is 2. The van der Waals surface area contributed by atoms with Crippen molar-refractivity contribution < 1.29 is 4.79 Å².